The van der Waals surface area contributed by atoms with Gasteiger partial charge in [0, 0.05) is 5.56 Å². The van der Waals surface area contributed by atoms with Crippen molar-refractivity contribution in [3.05, 3.63) is 83.7 Å². The molecule has 0 aliphatic heterocycles. The van der Waals surface area contributed by atoms with Gasteiger partial charge < -0.3 is 9.72 Å². The first-order valence-corrected chi connectivity index (χ1v) is 7.16. The van der Waals surface area contributed by atoms with Crippen LogP contribution in [0.3, 0.4) is 0 Å². The maximum Gasteiger partial charge on any atom is 0.354 e. The van der Waals surface area contributed by atoms with E-state index < -0.39 is 5.97 Å². The van der Waals surface area contributed by atoms with Gasteiger partial charge in [0.1, 0.15) is 5.69 Å². The minimum Gasteiger partial charge on any atom is -0.464 e. The fraction of sp³-hybridized carbons (Fsp3) is 0.0526. The third-order valence-corrected chi connectivity index (χ3v) is 3.59. The van der Waals surface area contributed by atoms with Crippen LogP contribution >= 0.6 is 0 Å². The van der Waals surface area contributed by atoms with Gasteiger partial charge in [-0.1, -0.05) is 54.6 Å². The van der Waals surface area contributed by atoms with E-state index in [4.69, 9.17) is 0 Å². The van der Waals surface area contributed by atoms with E-state index in [1.807, 2.05) is 42.5 Å². The van der Waals surface area contributed by atoms with Crippen molar-refractivity contribution < 1.29 is 14.3 Å². The number of rotatable bonds is 4. The van der Waals surface area contributed by atoms with E-state index >= 15 is 0 Å². The van der Waals surface area contributed by atoms with Crippen molar-refractivity contribution in [3.63, 3.8) is 0 Å². The summed E-state index contributed by atoms with van der Waals surface area (Å²) in [6.45, 7) is 0. The Morgan fingerprint density at radius 2 is 1.39 bits per heavy atom. The zero-order chi connectivity index (χ0) is 16.2. The van der Waals surface area contributed by atoms with E-state index in [-0.39, 0.29) is 11.5 Å². The predicted octanol–water partition coefficient (Wildman–Crippen LogP) is 3.70. The number of hydrogen-bond acceptors (Lipinski definition) is 3. The van der Waals surface area contributed by atoms with Gasteiger partial charge in [0.05, 0.1) is 12.8 Å². The third-order valence-electron chi connectivity index (χ3n) is 3.59. The van der Waals surface area contributed by atoms with E-state index in [1.54, 1.807) is 18.2 Å². The number of carbonyl (C=O) groups is 2. The Labute approximate surface area is 133 Å². The van der Waals surface area contributed by atoms with Crippen LogP contribution in [-0.2, 0) is 4.74 Å². The maximum atomic E-state index is 12.4. The highest BCUT2D eigenvalue weighted by molar-refractivity contribution is 6.08. The molecule has 4 nitrogen and oxygen atoms in total. The van der Waals surface area contributed by atoms with Crippen molar-refractivity contribution in [3.8, 4) is 11.1 Å². The molecule has 0 atom stereocenters. The lowest BCUT2D eigenvalue weighted by atomic mass is 10.0. The molecule has 23 heavy (non-hydrogen) atoms. The second-order valence-corrected chi connectivity index (χ2v) is 5.05. The Morgan fingerprint density at radius 3 is 2.04 bits per heavy atom. The number of nitrogens with one attached hydrogen (secondary N) is 1. The third kappa shape index (κ3) is 3.06. The van der Waals surface area contributed by atoms with Crippen molar-refractivity contribution in [2.45, 2.75) is 0 Å². The van der Waals surface area contributed by atoms with Gasteiger partial charge in [-0.15, -0.1) is 0 Å². The Hall–Kier alpha value is -3.14. The first kappa shape index (κ1) is 14.8. The first-order valence-electron chi connectivity index (χ1n) is 7.16. The van der Waals surface area contributed by atoms with E-state index in [0.29, 0.717) is 11.3 Å². The van der Waals surface area contributed by atoms with Crippen LogP contribution in [0.5, 0.6) is 0 Å². The summed E-state index contributed by atoms with van der Waals surface area (Å²) in [6, 6.07) is 20.5. The molecule has 3 rings (SSSR count). The lowest BCUT2D eigenvalue weighted by molar-refractivity contribution is 0.0595. The molecule has 0 radical (unpaired) electrons. The van der Waals surface area contributed by atoms with Gasteiger partial charge in [0.25, 0.3) is 0 Å². The molecule has 0 unspecified atom stereocenters. The number of aromatic amines is 1. The van der Waals surface area contributed by atoms with Crippen molar-refractivity contribution in [2.75, 3.05) is 7.11 Å². The Balaban J connectivity index is 1.83. The van der Waals surface area contributed by atoms with Gasteiger partial charge in [-0.05, 0) is 23.3 Å². The fourth-order valence-electron chi connectivity index (χ4n) is 2.36. The number of hydrogen-bond donors (Lipinski definition) is 1. The average molecular weight is 305 g/mol. The topological polar surface area (TPSA) is 59.2 Å². The average Bonchev–Trinajstić information content (AvgIpc) is 3.11. The second kappa shape index (κ2) is 6.32. The fourth-order valence-corrected chi connectivity index (χ4v) is 2.36. The number of ether oxygens (including phenoxy) is 1. The van der Waals surface area contributed by atoms with Crippen LogP contribution < -0.4 is 0 Å². The van der Waals surface area contributed by atoms with Crippen LogP contribution in [0.4, 0.5) is 0 Å². The molecule has 1 N–H and O–H groups in total. The lowest BCUT2D eigenvalue weighted by Gasteiger charge is -2.03. The molecule has 0 amide bonds. The SMILES string of the molecule is COC(=O)c1ccc(C(=O)c2ccc(-c3ccccc3)cc2)[nH]1. The summed E-state index contributed by atoms with van der Waals surface area (Å²) in [6.07, 6.45) is 0. The summed E-state index contributed by atoms with van der Waals surface area (Å²) in [5.74, 6) is -0.664. The molecule has 0 saturated heterocycles. The monoisotopic (exact) mass is 305 g/mol. The molecule has 3 aromatic rings. The van der Waals surface area contributed by atoms with Crippen molar-refractivity contribution in [1.29, 1.82) is 0 Å². The number of benzene rings is 2. The van der Waals surface area contributed by atoms with Gasteiger partial charge in [-0.2, -0.15) is 0 Å². The quantitative estimate of drug-likeness (QED) is 0.590. The molecule has 1 aromatic heterocycles. The number of carbonyl (C=O) groups excluding carboxylic acids is 2. The highest BCUT2D eigenvalue weighted by atomic mass is 16.5. The molecule has 0 aliphatic rings. The molecule has 0 spiro atoms. The smallest absolute Gasteiger partial charge is 0.354 e. The Kier molecular flexibility index (Phi) is 4.06. The molecular formula is C19H15NO3. The minimum absolute atomic E-state index is 0.167. The minimum atomic E-state index is -0.497. The summed E-state index contributed by atoms with van der Waals surface area (Å²) < 4.78 is 4.62. The lowest BCUT2D eigenvalue weighted by Crippen LogP contribution is -2.05. The molecular weight excluding hydrogens is 290 g/mol. The van der Waals surface area contributed by atoms with E-state index in [1.165, 1.54) is 13.2 Å². The van der Waals surface area contributed by atoms with Gasteiger partial charge in [0.15, 0.2) is 0 Å². The number of aromatic nitrogens is 1. The van der Waals surface area contributed by atoms with Crippen LogP contribution in [0, 0.1) is 0 Å². The zero-order valence-corrected chi connectivity index (χ0v) is 12.6. The van der Waals surface area contributed by atoms with Crippen LogP contribution in [0.25, 0.3) is 11.1 Å². The molecule has 114 valence electrons. The summed E-state index contributed by atoms with van der Waals surface area (Å²) in [7, 11) is 1.30. The van der Waals surface area contributed by atoms with Gasteiger partial charge in [0.2, 0.25) is 5.78 Å². The van der Waals surface area contributed by atoms with E-state index in [0.717, 1.165) is 11.1 Å². The van der Waals surface area contributed by atoms with Crippen LogP contribution in [-0.4, -0.2) is 23.8 Å². The van der Waals surface area contributed by atoms with Crippen molar-refractivity contribution >= 4 is 11.8 Å². The first-order chi connectivity index (χ1) is 11.2. The van der Waals surface area contributed by atoms with Gasteiger partial charge >= 0.3 is 5.97 Å². The highest BCUT2D eigenvalue weighted by Gasteiger charge is 2.14. The molecule has 4 heteroatoms. The Bertz CT molecular complexity index is 833. The summed E-state index contributed by atoms with van der Waals surface area (Å²) in [4.78, 5) is 26.6. The van der Waals surface area contributed by atoms with Crippen LogP contribution in [0.15, 0.2) is 66.7 Å². The van der Waals surface area contributed by atoms with Gasteiger partial charge in [-0.25, -0.2) is 4.79 Å². The standard InChI is InChI=1S/C19H15NO3/c1-23-19(22)17-12-11-16(20-17)18(21)15-9-7-14(8-10-15)13-5-3-2-4-6-13/h2-12,20H,1H3. The molecule has 2 aromatic carbocycles. The maximum absolute atomic E-state index is 12.4. The largest absolute Gasteiger partial charge is 0.464 e. The molecule has 0 aliphatic carbocycles. The second-order valence-electron chi connectivity index (χ2n) is 5.05. The summed E-state index contributed by atoms with van der Waals surface area (Å²) >= 11 is 0. The number of ketones is 1. The van der Waals surface area contributed by atoms with E-state index in [9.17, 15) is 9.59 Å². The van der Waals surface area contributed by atoms with Gasteiger partial charge in [-0.3, -0.25) is 4.79 Å². The molecule has 0 fully saturated rings. The Morgan fingerprint density at radius 1 is 0.783 bits per heavy atom. The molecule has 0 bridgehead atoms. The number of esters is 1. The zero-order valence-electron chi connectivity index (χ0n) is 12.6. The number of methoxy groups -OCH3 is 1. The summed E-state index contributed by atoms with van der Waals surface area (Å²) in [5, 5.41) is 0. The molecule has 0 saturated carbocycles. The van der Waals surface area contributed by atoms with Crippen LogP contribution in [0.2, 0.25) is 0 Å². The van der Waals surface area contributed by atoms with Crippen molar-refractivity contribution in [1.82, 2.24) is 4.98 Å². The van der Waals surface area contributed by atoms with Crippen LogP contribution in [0.1, 0.15) is 26.5 Å². The highest BCUT2D eigenvalue weighted by Crippen LogP contribution is 2.20. The summed E-state index contributed by atoms with van der Waals surface area (Å²) in [5.41, 5.74) is 3.32. The van der Waals surface area contributed by atoms with E-state index in [2.05, 4.69) is 9.72 Å². The number of H-pyrrole nitrogens is 1. The molecule has 1 heterocycles. The predicted molar refractivity (Wildman–Crippen MR) is 87.4 cm³/mol. The normalized spacial score (nSPS) is 10.3. The van der Waals surface area contributed by atoms with Crippen molar-refractivity contribution in [2.24, 2.45) is 0 Å².